The van der Waals surface area contributed by atoms with Crippen LogP contribution in [-0.4, -0.2) is 46.6 Å². The van der Waals surface area contributed by atoms with Crippen LogP contribution in [0.5, 0.6) is 0 Å². The number of alkyl halides is 1. The highest BCUT2D eigenvalue weighted by atomic mass is 127. The molecule has 15 heavy (non-hydrogen) atoms. The molecule has 2 fully saturated rings. The average Bonchev–Trinajstić information content (AvgIpc) is 2.64. The zero-order valence-electron chi connectivity index (χ0n) is 10.0. The lowest BCUT2D eigenvalue weighted by Crippen LogP contribution is -2.41. The molecule has 88 valence electrons. The molecule has 0 aromatic carbocycles. The van der Waals surface area contributed by atoms with E-state index in [2.05, 4.69) is 46.2 Å². The van der Waals surface area contributed by atoms with Gasteiger partial charge >= 0.3 is 0 Å². The van der Waals surface area contributed by atoms with E-state index in [1.54, 1.807) is 0 Å². The summed E-state index contributed by atoms with van der Waals surface area (Å²) >= 11 is 2.55. The van der Waals surface area contributed by atoms with Crippen molar-refractivity contribution in [3.8, 4) is 0 Å². The molecule has 3 heteroatoms. The minimum absolute atomic E-state index is 0.686. The number of halogens is 1. The van der Waals surface area contributed by atoms with Crippen molar-refractivity contribution in [2.24, 2.45) is 5.41 Å². The zero-order valence-corrected chi connectivity index (χ0v) is 12.2. The maximum Gasteiger partial charge on any atom is 0.0590 e. The van der Waals surface area contributed by atoms with Gasteiger partial charge in [0.15, 0.2) is 0 Å². The van der Waals surface area contributed by atoms with Gasteiger partial charge in [0.1, 0.15) is 0 Å². The Hall–Kier alpha value is 0.650. The molecule has 0 aromatic heterocycles. The number of rotatable bonds is 2. The molecule has 2 saturated heterocycles. The van der Waals surface area contributed by atoms with Gasteiger partial charge in [-0.2, -0.15) is 0 Å². The summed E-state index contributed by atoms with van der Waals surface area (Å²) in [5, 5.41) is 0. The minimum atomic E-state index is 0.686. The van der Waals surface area contributed by atoms with E-state index in [1.165, 1.54) is 52.0 Å². The van der Waals surface area contributed by atoms with Crippen molar-refractivity contribution in [3.05, 3.63) is 0 Å². The molecule has 0 aliphatic carbocycles. The van der Waals surface area contributed by atoms with Crippen molar-refractivity contribution in [3.63, 3.8) is 0 Å². The fourth-order valence-electron chi connectivity index (χ4n) is 3.03. The Balaban J connectivity index is 1.89. The van der Waals surface area contributed by atoms with Crippen LogP contribution in [0.3, 0.4) is 0 Å². The van der Waals surface area contributed by atoms with Gasteiger partial charge < -0.3 is 4.90 Å². The predicted molar refractivity (Wildman–Crippen MR) is 73.5 cm³/mol. The third-order valence-corrected chi connectivity index (χ3v) is 5.12. The Kier molecular flexibility index (Phi) is 3.94. The van der Waals surface area contributed by atoms with Gasteiger partial charge in [-0.05, 0) is 57.8 Å². The first-order valence-corrected chi connectivity index (χ1v) is 7.50. The maximum absolute atomic E-state index is 2.65. The molecule has 2 aliphatic rings. The lowest BCUT2D eigenvalue weighted by Gasteiger charge is -2.39. The second-order valence-electron chi connectivity index (χ2n) is 5.23. The van der Waals surface area contributed by atoms with Crippen molar-refractivity contribution in [2.75, 3.05) is 32.7 Å². The molecule has 0 radical (unpaired) electrons. The van der Waals surface area contributed by atoms with E-state index in [4.69, 9.17) is 0 Å². The molecule has 0 aromatic rings. The third kappa shape index (κ3) is 2.67. The Bertz CT molecular complexity index is 210. The third-order valence-electron chi connectivity index (χ3n) is 4.33. The fraction of sp³-hybridized carbons (Fsp3) is 1.00. The van der Waals surface area contributed by atoms with Crippen LogP contribution >= 0.6 is 22.6 Å². The van der Waals surface area contributed by atoms with Gasteiger partial charge in [0.2, 0.25) is 0 Å². The Morgan fingerprint density at radius 1 is 1.20 bits per heavy atom. The normalized spacial score (nSPS) is 29.8. The molecule has 2 aliphatic heterocycles. The number of hydrogen-bond donors (Lipinski definition) is 0. The molecule has 0 amide bonds. The molecule has 1 unspecified atom stereocenters. The van der Waals surface area contributed by atoms with E-state index in [9.17, 15) is 0 Å². The van der Waals surface area contributed by atoms with E-state index in [-0.39, 0.29) is 0 Å². The van der Waals surface area contributed by atoms with E-state index in [0.29, 0.717) is 9.46 Å². The first-order valence-electron chi connectivity index (χ1n) is 6.26. The van der Waals surface area contributed by atoms with Crippen LogP contribution in [-0.2, 0) is 0 Å². The van der Waals surface area contributed by atoms with E-state index < -0.39 is 0 Å². The fourth-order valence-corrected chi connectivity index (χ4v) is 3.50. The van der Waals surface area contributed by atoms with Crippen LogP contribution in [0.1, 0.15) is 33.1 Å². The Morgan fingerprint density at radius 3 is 2.27 bits per heavy atom. The molecular weight excluding hydrogens is 299 g/mol. The van der Waals surface area contributed by atoms with E-state index in [0.717, 1.165) is 0 Å². The second-order valence-corrected chi connectivity index (χ2v) is 7.03. The minimum Gasteiger partial charge on any atom is -0.304 e. The van der Waals surface area contributed by atoms with Crippen molar-refractivity contribution in [1.29, 1.82) is 0 Å². The monoisotopic (exact) mass is 322 g/mol. The number of likely N-dealkylation sites (tertiary alicyclic amines) is 2. The molecule has 0 saturated carbocycles. The molecule has 0 N–H and O–H groups in total. The summed E-state index contributed by atoms with van der Waals surface area (Å²) < 4.78 is 0.714. The largest absolute Gasteiger partial charge is 0.304 e. The van der Waals surface area contributed by atoms with Crippen molar-refractivity contribution in [1.82, 2.24) is 9.80 Å². The lowest BCUT2D eigenvalue weighted by molar-refractivity contribution is 0.112. The molecule has 1 spiro atoms. The Morgan fingerprint density at radius 2 is 1.80 bits per heavy atom. The summed E-state index contributed by atoms with van der Waals surface area (Å²) in [6.45, 7) is 11.2. The second kappa shape index (κ2) is 4.88. The topological polar surface area (TPSA) is 6.48 Å². The van der Waals surface area contributed by atoms with Crippen LogP contribution in [0, 0.1) is 5.41 Å². The first kappa shape index (κ1) is 12.1. The summed E-state index contributed by atoms with van der Waals surface area (Å²) in [6.07, 6.45) is 4.30. The van der Waals surface area contributed by atoms with Crippen LogP contribution in [0.15, 0.2) is 0 Å². The molecule has 2 rings (SSSR count). The van der Waals surface area contributed by atoms with Gasteiger partial charge in [0, 0.05) is 6.54 Å². The van der Waals surface area contributed by atoms with Gasteiger partial charge in [0.25, 0.3) is 0 Å². The van der Waals surface area contributed by atoms with Crippen LogP contribution in [0.4, 0.5) is 0 Å². The number of nitrogens with zero attached hydrogens (tertiary/aromatic N) is 2. The quantitative estimate of drug-likeness (QED) is 0.438. The highest BCUT2D eigenvalue weighted by Gasteiger charge is 2.40. The smallest absolute Gasteiger partial charge is 0.0590 e. The molecular formula is C12H23IN2. The van der Waals surface area contributed by atoms with Crippen LogP contribution in [0.25, 0.3) is 0 Å². The van der Waals surface area contributed by atoms with Gasteiger partial charge in [-0.25, -0.2) is 0 Å². The summed E-state index contributed by atoms with van der Waals surface area (Å²) in [6, 6.07) is 0. The molecule has 2 nitrogen and oxygen atoms in total. The van der Waals surface area contributed by atoms with Crippen LogP contribution in [0.2, 0.25) is 0 Å². The number of piperidine rings is 1. The highest BCUT2D eigenvalue weighted by molar-refractivity contribution is 14.1. The summed E-state index contributed by atoms with van der Waals surface area (Å²) in [5.74, 6) is 0. The molecule has 1 atom stereocenters. The van der Waals surface area contributed by atoms with Gasteiger partial charge in [-0.1, -0.05) is 29.5 Å². The average molecular weight is 322 g/mol. The Labute approximate surface area is 108 Å². The SMILES string of the molecule is CCN1CCC2(CC1)CCN(C(C)I)C2. The van der Waals surface area contributed by atoms with Crippen LogP contribution < -0.4 is 0 Å². The lowest BCUT2D eigenvalue weighted by atomic mass is 9.78. The van der Waals surface area contributed by atoms with Crippen molar-refractivity contribution < 1.29 is 0 Å². The highest BCUT2D eigenvalue weighted by Crippen LogP contribution is 2.41. The number of hydrogen-bond acceptors (Lipinski definition) is 2. The summed E-state index contributed by atoms with van der Waals surface area (Å²) in [7, 11) is 0. The molecule has 0 bridgehead atoms. The van der Waals surface area contributed by atoms with Gasteiger partial charge in [-0.3, -0.25) is 4.90 Å². The standard InChI is InChI=1S/C12H23IN2/c1-3-14-7-4-12(5-8-14)6-9-15(10-12)11(2)13/h11H,3-10H2,1-2H3. The van der Waals surface area contributed by atoms with E-state index in [1.807, 2.05) is 0 Å². The van der Waals surface area contributed by atoms with Crippen molar-refractivity contribution in [2.45, 2.75) is 37.2 Å². The van der Waals surface area contributed by atoms with Gasteiger partial charge in [-0.15, -0.1) is 0 Å². The van der Waals surface area contributed by atoms with Gasteiger partial charge in [0.05, 0.1) is 4.05 Å². The maximum atomic E-state index is 2.65. The van der Waals surface area contributed by atoms with E-state index >= 15 is 0 Å². The first-order chi connectivity index (χ1) is 7.15. The molecule has 2 heterocycles. The van der Waals surface area contributed by atoms with Crippen molar-refractivity contribution >= 4 is 22.6 Å². The zero-order chi connectivity index (χ0) is 10.9. The summed E-state index contributed by atoms with van der Waals surface area (Å²) in [4.78, 5) is 5.25. The predicted octanol–water partition coefficient (Wildman–Crippen LogP) is 2.58. The summed E-state index contributed by atoms with van der Waals surface area (Å²) in [5.41, 5.74) is 0.686.